The van der Waals surface area contributed by atoms with Gasteiger partial charge in [-0.05, 0) is 29.3 Å². The third kappa shape index (κ3) is 3.37. The summed E-state index contributed by atoms with van der Waals surface area (Å²) in [4.78, 5) is 14.3. The van der Waals surface area contributed by atoms with E-state index in [4.69, 9.17) is 0 Å². The third-order valence-electron chi connectivity index (χ3n) is 4.36. The summed E-state index contributed by atoms with van der Waals surface area (Å²) in [5.41, 5.74) is 3.02. The number of anilines is 1. The summed E-state index contributed by atoms with van der Waals surface area (Å²) >= 11 is 0. The zero-order valence-electron chi connectivity index (χ0n) is 13.5. The standard InChI is InChI=1S/C19H22N2O2/c1-21(2)17-9-5-8-14(10-17)18(22)20-13-19(23)11-15-6-3-4-7-16(15)12-19/h3-10,23H,11-13H2,1-2H3,(H,20,22). The summed E-state index contributed by atoms with van der Waals surface area (Å²) < 4.78 is 0. The number of hydrogen-bond donors (Lipinski definition) is 2. The van der Waals surface area contributed by atoms with Gasteiger partial charge in [0.15, 0.2) is 0 Å². The number of carbonyl (C=O) groups excluding carboxylic acids is 1. The number of nitrogens with one attached hydrogen (secondary N) is 1. The molecule has 120 valence electrons. The molecule has 23 heavy (non-hydrogen) atoms. The zero-order valence-corrected chi connectivity index (χ0v) is 13.5. The second-order valence-corrected chi connectivity index (χ2v) is 6.47. The minimum absolute atomic E-state index is 0.155. The van der Waals surface area contributed by atoms with E-state index >= 15 is 0 Å². The van der Waals surface area contributed by atoms with Crippen molar-refractivity contribution in [2.45, 2.75) is 18.4 Å². The largest absolute Gasteiger partial charge is 0.387 e. The van der Waals surface area contributed by atoms with E-state index in [2.05, 4.69) is 5.32 Å². The third-order valence-corrected chi connectivity index (χ3v) is 4.36. The van der Waals surface area contributed by atoms with Crippen LogP contribution in [0.3, 0.4) is 0 Å². The fraction of sp³-hybridized carbons (Fsp3) is 0.316. The normalized spacial score (nSPS) is 15.1. The van der Waals surface area contributed by atoms with Crippen molar-refractivity contribution in [2.75, 3.05) is 25.5 Å². The summed E-state index contributed by atoms with van der Waals surface area (Å²) in [6.07, 6.45) is 1.17. The van der Waals surface area contributed by atoms with Crippen LogP contribution in [0.25, 0.3) is 0 Å². The molecule has 0 aliphatic heterocycles. The van der Waals surface area contributed by atoms with Crippen molar-refractivity contribution >= 4 is 11.6 Å². The van der Waals surface area contributed by atoms with E-state index in [9.17, 15) is 9.90 Å². The SMILES string of the molecule is CN(C)c1cccc(C(=O)NCC2(O)Cc3ccccc3C2)c1. The Morgan fingerprint density at radius 2 is 1.78 bits per heavy atom. The molecule has 1 amide bonds. The van der Waals surface area contributed by atoms with Gasteiger partial charge >= 0.3 is 0 Å². The van der Waals surface area contributed by atoms with E-state index in [1.54, 1.807) is 6.07 Å². The van der Waals surface area contributed by atoms with Crippen LogP contribution in [0.1, 0.15) is 21.5 Å². The maximum absolute atomic E-state index is 12.4. The van der Waals surface area contributed by atoms with E-state index in [0.29, 0.717) is 18.4 Å². The first-order valence-electron chi connectivity index (χ1n) is 7.82. The molecule has 1 aliphatic carbocycles. The molecule has 3 rings (SSSR count). The highest BCUT2D eigenvalue weighted by Gasteiger charge is 2.35. The molecule has 0 fully saturated rings. The molecule has 0 bridgehead atoms. The molecule has 0 radical (unpaired) electrons. The van der Waals surface area contributed by atoms with Gasteiger partial charge in [0, 0.05) is 44.7 Å². The number of aliphatic hydroxyl groups is 1. The Kier molecular flexibility index (Phi) is 4.09. The number of carbonyl (C=O) groups is 1. The summed E-state index contributed by atoms with van der Waals surface area (Å²) in [7, 11) is 3.88. The smallest absolute Gasteiger partial charge is 0.251 e. The Bertz CT molecular complexity index is 700. The second kappa shape index (κ2) is 6.05. The molecule has 0 saturated carbocycles. The van der Waals surface area contributed by atoms with Gasteiger partial charge < -0.3 is 15.3 Å². The Morgan fingerprint density at radius 3 is 2.39 bits per heavy atom. The molecule has 0 spiro atoms. The van der Waals surface area contributed by atoms with E-state index in [1.165, 1.54) is 11.1 Å². The molecule has 0 saturated heterocycles. The van der Waals surface area contributed by atoms with E-state index in [-0.39, 0.29) is 12.5 Å². The van der Waals surface area contributed by atoms with E-state index in [0.717, 1.165) is 5.69 Å². The lowest BCUT2D eigenvalue weighted by atomic mass is 10.0. The molecule has 2 N–H and O–H groups in total. The van der Waals surface area contributed by atoms with Crippen molar-refractivity contribution < 1.29 is 9.90 Å². The molecule has 4 heteroatoms. The highest BCUT2D eigenvalue weighted by Crippen LogP contribution is 2.29. The van der Waals surface area contributed by atoms with Gasteiger partial charge in [-0.3, -0.25) is 4.79 Å². The summed E-state index contributed by atoms with van der Waals surface area (Å²) in [5, 5.41) is 13.6. The fourth-order valence-corrected chi connectivity index (χ4v) is 3.07. The van der Waals surface area contributed by atoms with Crippen molar-refractivity contribution in [3.05, 3.63) is 65.2 Å². The zero-order chi connectivity index (χ0) is 16.4. The monoisotopic (exact) mass is 310 g/mol. The molecule has 0 heterocycles. The van der Waals surface area contributed by atoms with Gasteiger partial charge in [-0.1, -0.05) is 30.3 Å². The van der Waals surface area contributed by atoms with Crippen LogP contribution in [-0.2, 0) is 12.8 Å². The number of hydrogen-bond acceptors (Lipinski definition) is 3. The second-order valence-electron chi connectivity index (χ2n) is 6.47. The molecule has 1 aliphatic rings. The van der Waals surface area contributed by atoms with Gasteiger partial charge in [-0.2, -0.15) is 0 Å². The number of rotatable bonds is 4. The van der Waals surface area contributed by atoms with Gasteiger partial charge in [-0.15, -0.1) is 0 Å². The lowest BCUT2D eigenvalue weighted by molar-refractivity contribution is 0.0480. The Labute approximate surface area is 136 Å². The highest BCUT2D eigenvalue weighted by molar-refractivity contribution is 5.95. The van der Waals surface area contributed by atoms with Crippen LogP contribution in [-0.4, -0.2) is 37.3 Å². The van der Waals surface area contributed by atoms with Crippen LogP contribution in [0.2, 0.25) is 0 Å². The predicted octanol–water partition coefficient (Wildman–Crippen LogP) is 2.01. The van der Waals surface area contributed by atoms with Crippen LogP contribution in [0, 0.1) is 0 Å². The molecule has 0 aromatic heterocycles. The van der Waals surface area contributed by atoms with Gasteiger partial charge in [-0.25, -0.2) is 0 Å². The van der Waals surface area contributed by atoms with Crippen LogP contribution < -0.4 is 10.2 Å². The van der Waals surface area contributed by atoms with E-state index < -0.39 is 5.60 Å². The molecule has 0 atom stereocenters. The lowest BCUT2D eigenvalue weighted by Crippen LogP contribution is -2.43. The quantitative estimate of drug-likeness (QED) is 0.908. The molecular weight excluding hydrogens is 288 g/mol. The first kappa shape index (κ1) is 15.6. The summed E-state index contributed by atoms with van der Waals surface area (Å²) in [5.74, 6) is -0.155. The van der Waals surface area contributed by atoms with Crippen LogP contribution in [0.5, 0.6) is 0 Å². The summed E-state index contributed by atoms with van der Waals surface area (Å²) in [6, 6.07) is 15.5. The van der Waals surface area contributed by atoms with Crippen LogP contribution >= 0.6 is 0 Å². The van der Waals surface area contributed by atoms with Crippen LogP contribution in [0.4, 0.5) is 5.69 Å². The Morgan fingerprint density at radius 1 is 1.13 bits per heavy atom. The molecular formula is C19H22N2O2. The van der Waals surface area contributed by atoms with Crippen LogP contribution in [0.15, 0.2) is 48.5 Å². The lowest BCUT2D eigenvalue weighted by Gasteiger charge is -2.22. The molecule has 4 nitrogen and oxygen atoms in total. The van der Waals surface area contributed by atoms with Crippen molar-refractivity contribution in [3.8, 4) is 0 Å². The minimum Gasteiger partial charge on any atom is -0.387 e. The predicted molar refractivity (Wildman–Crippen MR) is 91.9 cm³/mol. The number of benzene rings is 2. The van der Waals surface area contributed by atoms with Crippen molar-refractivity contribution in [1.82, 2.24) is 5.32 Å². The molecule has 2 aromatic rings. The van der Waals surface area contributed by atoms with E-state index in [1.807, 2.05) is 61.5 Å². The number of fused-ring (bicyclic) bond motifs is 1. The van der Waals surface area contributed by atoms with Gasteiger partial charge in [0.2, 0.25) is 0 Å². The number of nitrogens with zero attached hydrogens (tertiary/aromatic N) is 1. The average Bonchev–Trinajstić information content (AvgIpc) is 2.89. The Balaban J connectivity index is 1.65. The van der Waals surface area contributed by atoms with Crippen molar-refractivity contribution in [2.24, 2.45) is 0 Å². The molecule has 2 aromatic carbocycles. The number of amides is 1. The fourth-order valence-electron chi connectivity index (χ4n) is 3.07. The maximum atomic E-state index is 12.4. The highest BCUT2D eigenvalue weighted by atomic mass is 16.3. The van der Waals surface area contributed by atoms with Gasteiger partial charge in [0.1, 0.15) is 0 Å². The van der Waals surface area contributed by atoms with Gasteiger partial charge in [0.05, 0.1) is 5.60 Å². The Hall–Kier alpha value is -2.33. The summed E-state index contributed by atoms with van der Waals surface area (Å²) in [6.45, 7) is 0.257. The maximum Gasteiger partial charge on any atom is 0.251 e. The first-order valence-corrected chi connectivity index (χ1v) is 7.82. The topological polar surface area (TPSA) is 52.6 Å². The molecule has 0 unspecified atom stereocenters. The van der Waals surface area contributed by atoms with Crippen molar-refractivity contribution in [3.63, 3.8) is 0 Å². The minimum atomic E-state index is -0.890. The first-order chi connectivity index (χ1) is 11.0. The van der Waals surface area contributed by atoms with Crippen molar-refractivity contribution in [1.29, 1.82) is 0 Å². The average molecular weight is 310 g/mol. The van der Waals surface area contributed by atoms with Gasteiger partial charge in [0.25, 0.3) is 5.91 Å².